The number of hydrogen-bond donors (Lipinski definition) is 2. The number of hydrogen-bond acceptors (Lipinski definition) is 6. The number of aromatic nitrogens is 2. The lowest BCUT2D eigenvalue weighted by Crippen LogP contribution is -2.60. The molecule has 10 heteroatoms. The number of carbonyl (C=O) groups excluding carboxylic acids is 2. The SMILES string of the molecule is O=C(NC1(C2CN(C(=O)Cn3cnc4sccc4c3=O)C2)CC1)c1cc(O)ccc1Cl. The van der Waals surface area contributed by atoms with Crippen LogP contribution in [-0.4, -0.2) is 50.0 Å². The Morgan fingerprint density at radius 2 is 2.06 bits per heavy atom. The topological polar surface area (TPSA) is 105 Å². The van der Waals surface area contributed by atoms with E-state index >= 15 is 0 Å². The number of halogens is 1. The molecule has 0 atom stereocenters. The molecule has 2 fully saturated rings. The van der Waals surface area contributed by atoms with E-state index in [9.17, 15) is 19.5 Å². The summed E-state index contributed by atoms with van der Waals surface area (Å²) >= 11 is 7.48. The molecule has 2 aliphatic rings. The van der Waals surface area contributed by atoms with Crippen LogP contribution in [0.2, 0.25) is 5.02 Å². The number of phenols is 1. The Hall–Kier alpha value is -2.91. The van der Waals surface area contributed by atoms with Gasteiger partial charge < -0.3 is 15.3 Å². The minimum absolute atomic E-state index is 0.0230. The zero-order valence-electron chi connectivity index (χ0n) is 16.4. The average molecular weight is 459 g/mol. The number of rotatable bonds is 5. The quantitative estimate of drug-likeness (QED) is 0.610. The first-order chi connectivity index (χ1) is 14.9. The zero-order chi connectivity index (χ0) is 21.8. The van der Waals surface area contributed by atoms with E-state index in [1.54, 1.807) is 16.3 Å². The molecule has 1 aliphatic heterocycles. The number of amides is 2. The Morgan fingerprint density at radius 3 is 2.81 bits per heavy atom. The van der Waals surface area contributed by atoms with Gasteiger partial charge in [-0.25, -0.2) is 4.98 Å². The number of nitrogens with zero attached hydrogens (tertiary/aromatic N) is 3. The smallest absolute Gasteiger partial charge is 0.262 e. The van der Waals surface area contributed by atoms with E-state index in [4.69, 9.17) is 11.6 Å². The van der Waals surface area contributed by atoms with Gasteiger partial charge in [0.1, 0.15) is 17.1 Å². The first kappa shape index (κ1) is 20.0. The van der Waals surface area contributed by atoms with E-state index in [-0.39, 0.29) is 51.7 Å². The molecule has 5 rings (SSSR count). The number of aromatic hydroxyl groups is 1. The number of fused-ring (bicyclic) bond motifs is 1. The van der Waals surface area contributed by atoms with Crippen molar-refractivity contribution in [2.45, 2.75) is 24.9 Å². The van der Waals surface area contributed by atoms with Gasteiger partial charge in [-0.2, -0.15) is 0 Å². The second kappa shape index (κ2) is 7.35. The number of nitrogens with one attached hydrogen (secondary N) is 1. The zero-order valence-corrected chi connectivity index (χ0v) is 17.9. The Bertz CT molecular complexity index is 1260. The number of carbonyl (C=O) groups is 2. The van der Waals surface area contributed by atoms with Crippen LogP contribution in [0.5, 0.6) is 5.75 Å². The summed E-state index contributed by atoms with van der Waals surface area (Å²) in [5, 5.41) is 15.3. The van der Waals surface area contributed by atoms with Gasteiger partial charge in [0.05, 0.1) is 22.3 Å². The lowest BCUT2D eigenvalue weighted by atomic mass is 9.88. The summed E-state index contributed by atoms with van der Waals surface area (Å²) in [5.74, 6) is -0.353. The summed E-state index contributed by atoms with van der Waals surface area (Å²) in [6, 6.07) is 5.98. The average Bonchev–Trinajstić information content (AvgIpc) is 3.28. The second-order valence-electron chi connectivity index (χ2n) is 8.09. The Labute approximate surface area is 186 Å². The Kier molecular flexibility index (Phi) is 4.75. The fraction of sp³-hybridized carbons (Fsp3) is 0.333. The molecule has 31 heavy (non-hydrogen) atoms. The predicted octanol–water partition coefficient (Wildman–Crippen LogP) is 2.24. The van der Waals surface area contributed by atoms with E-state index in [0.717, 1.165) is 12.8 Å². The fourth-order valence-corrected chi connectivity index (χ4v) is 4.96. The van der Waals surface area contributed by atoms with Gasteiger partial charge in [-0.1, -0.05) is 11.6 Å². The standard InChI is InChI=1S/C21H19ClN4O4S/c22-16-2-1-13(27)7-15(16)18(29)24-21(4-5-21)12-8-25(9-12)17(28)10-26-11-23-19-14(20(26)30)3-6-31-19/h1-3,6-7,11-12,27H,4-5,8-10H2,(H,24,29). The van der Waals surface area contributed by atoms with Gasteiger partial charge in [-0.15, -0.1) is 11.3 Å². The number of benzene rings is 1. The lowest BCUT2D eigenvalue weighted by molar-refractivity contribution is -0.139. The molecule has 1 saturated carbocycles. The molecule has 8 nitrogen and oxygen atoms in total. The largest absolute Gasteiger partial charge is 0.508 e. The lowest BCUT2D eigenvalue weighted by Gasteiger charge is -2.44. The summed E-state index contributed by atoms with van der Waals surface area (Å²) in [6.45, 7) is 0.994. The molecule has 3 heterocycles. The van der Waals surface area contributed by atoms with Crippen molar-refractivity contribution in [2.24, 2.45) is 5.92 Å². The van der Waals surface area contributed by atoms with Gasteiger partial charge in [0.15, 0.2) is 0 Å². The molecule has 2 aromatic heterocycles. The highest BCUT2D eigenvalue weighted by atomic mass is 35.5. The molecule has 0 unspecified atom stereocenters. The summed E-state index contributed by atoms with van der Waals surface area (Å²) in [6.07, 6.45) is 3.08. The van der Waals surface area contributed by atoms with Crippen LogP contribution in [0, 0.1) is 5.92 Å². The van der Waals surface area contributed by atoms with Crippen molar-refractivity contribution in [1.82, 2.24) is 19.8 Å². The molecule has 0 spiro atoms. The maximum atomic E-state index is 12.7. The monoisotopic (exact) mass is 458 g/mol. The number of phenolic OH excluding ortho intramolecular Hbond substituents is 1. The first-order valence-corrected chi connectivity index (χ1v) is 11.1. The molecule has 0 radical (unpaired) electrons. The molecular weight excluding hydrogens is 440 g/mol. The third-order valence-electron chi connectivity index (χ3n) is 6.12. The highest BCUT2D eigenvalue weighted by Crippen LogP contribution is 2.46. The molecular formula is C21H19ClN4O4S. The molecule has 1 aliphatic carbocycles. The van der Waals surface area contributed by atoms with E-state index in [1.165, 1.54) is 40.4 Å². The molecule has 0 bridgehead atoms. The summed E-state index contributed by atoms with van der Waals surface area (Å²) in [5.41, 5.74) is -0.335. The summed E-state index contributed by atoms with van der Waals surface area (Å²) in [4.78, 5) is 44.4. The van der Waals surface area contributed by atoms with Crippen molar-refractivity contribution in [1.29, 1.82) is 0 Å². The third kappa shape index (κ3) is 3.57. The normalized spacial score (nSPS) is 17.4. The third-order valence-corrected chi connectivity index (χ3v) is 7.27. The van der Waals surface area contributed by atoms with E-state index in [0.29, 0.717) is 23.3 Å². The van der Waals surface area contributed by atoms with Crippen molar-refractivity contribution < 1.29 is 14.7 Å². The van der Waals surface area contributed by atoms with Crippen LogP contribution in [0.3, 0.4) is 0 Å². The molecule has 2 N–H and O–H groups in total. The van der Waals surface area contributed by atoms with E-state index in [2.05, 4.69) is 10.3 Å². The van der Waals surface area contributed by atoms with Crippen LogP contribution in [0.15, 0.2) is 40.8 Å². The summed E-state index contributed by atoms with van der Waals surface area (Å²) in [7, 11) is 0. The number of likely N-dealkylation sites (tertiary alicyclic amines) is 1. The van der Waals surface area contributed by atoms with Crippen LogP contribution < -0.4 is 10.9 Å². The molecule has 1 saturated heterocycles. The molecule has 1 aromatic carbocycles. The van der Waals surface area contributed by atoms with E-state index < -0.39 is 0 Å². The molecule has 160 valence electrons. The van der Waals surface area contributed by atoms with Crippen LogP contribution in [0.1, 0.15) is 23.2 Å². The fourth-order valence-electron chi connectivity index (χ4n) is 4.03. The van der Waals surface area contributed by atoms with Gasteiger partial charge in [0, 0.05) is 24.5 Å². The van der Waals surface area contributed by atoms with Gasteiger partial charge in [0.25, 0.3) is 11.5 Å². The van der Waals surface area contributed by atoms with Gasteiger partial charge in [-0.3, -0.25) is 19.0 Å². The van der Waals surface area contributed by atoms with Crippen molar-refractivity contribution in [3.63, 3.8) is 0 Å². The molecule has 3 aromatic rings. The Balaban J connectivity index is 1.21. The van der Waals surface area contributed by atoms with Gasteiger partial charge in [0.2, 0.25) is 5.91 Å². The van der Waals surface area contributed by atoms with Gasteiger partial charge in [-0.05, 0) is 42.5 Å². The van der Waals surface area contributed by atoms with Crippen molar-refractivity contribution in [2.75, 3.05) is 13.1 Å². The Morgan fingerprint density at radius 1 is 1.29 bits per heavy atom. The maximum Gasteiger partial charge on any atom is 0.262 e. The molecule has 2 amide bonds. The second-order valence-corrected chi connectivity index (χ2v) is 9.39. The highest BCUT2D eigenvalue weighted by Gasteiger charge is 2.55. The minimum atomic E-state index is -0.351. The summed E-state index contributed by atoms with van der Waals surface area (Å²) < 4.78 is 1.34. The number of thiophene rings is 1. The van der Waals surface area contributed by atoms with Crippen LogP contribution in [0.25, 0.3) is 10.2 Å². The van der Waals surface area contributed by atoms with Crippen LogP contribution in [-0.2, 0) is 11.3 Å². The highest BCUT2D eigenvalue weighted by molar-refractivity contribution is 7.16. The van der Waals surface area contributed by atoms with Crippen LogP contribution >= 0.6 is 22.9 Å². The minimum Gasteiger partial charge on any atom is -0.508 e. The van der Waals surface area contributed by atoms with E-state index in [1.807, 2.05) is 0 Å². The van der Waals surface area contributed by atoms with Crippen molar-refractivity contribution >= 4 is 45.0 Å². The van der Waals surface area contributed by atoms with Crippen LogP contribution in [0.4, 0.5) is 0 Å². The van der Waals surface area contributed by atoms with Crippen molar-refractivity contribution in [3.8, 4) is 5.75 Å². The predicted molar refractivity (Wildman–Crippen MR) is 116 cm³/mol. The van der Waals surface area contributed by atoms with Crippen molar-refractivity contribution in [3.05, 3.63) is 56.9 Å². The van der Waals surface area contributed by atoms with Gasteiger partial charge >= 0.3 is 0 Å². The maximum absolute atomic E-state index is 12.7. The first-order valence-electron chi connectivity index (χ1n) is 9.88.